The molecule has 27 heavy (non-hydrogen) atoms. The minimum absolute atomic E-state index is 0.329. The van der Waals surface area contributed by atoms with Crippen LogP contribution in [0.1, 0.15) is 57.8 Å². The molecule has 0 unspecified atom stereocenters. The first-order valence-electron chi connectivity index (χ1n) is 11.6. The number of nitrogens with zero attached hydrogens (tertiary/aromatic N) is 3. The molecule has 5 aliphatic rings. The summed E-state index contributed by atoms with van der Waals surface area (Å²) in [7, 11) is 0. The molecule has 0 atom stereocenters. The maximum Gasteiger partial charge on any atom is 0.225 e. The zero-order chi connectivity index (χ0) is 18.3. The van der Waals surface area contributed by atoms with Crippen LogP contribution in [0.3, 0.4) is 0 Å². The van der Waals surface area contributed by atoms with E-state index in [0.29, 0.717) is 17.2 Å². The van der Waals surface area contributed by atoms with Crippen molar-refractivity contribution in [3.63, 3.8) is 0 Å². The van der Waals surface area contributed by atoms with Crippen molar-refractivity contribution in [3.05, 3.63) is 0 Å². The van der Waals surface area contributed by atoms with Crippen molar-refractivity contribution in [2.75, 3.05) is 52.5 Å². The number of rotatable bonds is 3. The van der Waals surface area contributed by atoms with E-state index in [9.17, 15) is 4.79 Å². The lowest BCUT2D eigenvalue weighted by Gasteiger charge is -2.54. The van der Waals surface area contributed by atoms with Gasteiger partial charge in [0.1, 0.15) is 0 Å². The minimum Gasteiger partial charge on any atom is -0.381 e. The highest BCUT2D eigenvalue weighted by molar-refractivity contribution is 5.80. The standard InChI is InChI=1S/C22H37N3O2/c26-21(25-12-10-24(11-13-25)19-2-1-3-19)18-16-22(17-18)6-8-23(9-7-22)20-4-14-27-15-5-20/h18-20H,1-17H2. The highest BCUT2D eigenvalue weighted by Gasteiger charge is 2.50. The van der Waals surface area contributed by atoms with Crippen molar-refractivity contribution in [2.24, 2.45) is 11.3 Å². The Kier molecular flexibility index (Phi) is 5.20. The summed E-state index contributed by atoms with van der Waals surface area (Å²) in [4.78, 5) is 20.5. The van der Waals surface area contributed by atoms with E-state index in [2.05, 4.69) is 14.7 Å². The monoisotopic (exact) mass is 375 g/mol. The molecule has 152 valence electrons. The van der Waals surface area contributed by atoms with Gasteiger partial charge in [-0.05, 0) is 69.9 Å². The van der Waals surface area contributed by atoms with E-state index in [4.69, 9.17) is 4.74 Å². The number of hydrogen-bond acceptors (Lipinski definition) is 4. The molecule has 2 aliphatic carbocycles. The number of likely N-dealkylation sites (tertiary alicyclic amines) is 1. The van der Waals surface area contributed by atoms with Gasteiger partial charge in [-0.25, -0.2) is 0 Å². The van der Waals surface area contributed by atoms with Gasteiger partial charge in [0.15, 0.2) is 0 Å². The Morgan fingerprint density at radius 1 is 0.778 bits per heavy atom. The van der Waals surface area contributed by atoms with Crippen molar-refractivity contribution >= 4 is 5.91 Å². The van der Waals surface area contributed by atoms with Crippen LogP contribution in [0.5, 0.6) is 0 Å². The van der Waals surface area contributed by atoms with Crippen LogP contribution in [0.15, 0.2) is 0 Å². The van der Waals surface area contributed by atoms with Crippen LogP contribution in [0, 0.1) is 11.3 Å². The Morgan fingerprint density at radius 2 is 1.37 bits per heavy atom. The zero-order valence-corrected chi connectivity index (χ0v) is 16.9. The summed E-state index contributed by atoms with van der Waals surface area (Å²) < 4.78 is 5.52. The predicted octanol–water partition coefficient (Wildman–Crippen LogP) is 2.35. The molecule has 0 aromatic rings. The number of hydrogen-bond donors (Lipinski definition) is 0. The lowest BCUT2D eigenvalue weighted by atomic mass is 9.57. The lowest BCUT2D eigenvalue weighted by molar-refractivity contribution is -0.148. The zero-order valence-electron chi connectivity index (χ0n) is 16.9. The maximum absolute atomic E-state index is 13.0. The van der Waals surface area contributed by atoms with Gasteiger partial charge in [-0.15, -0.1) is 0 Å². The van der Waals surface area contributed by atoms with Gasteiger partial charge in [-0.3, -0.25) is 9.69 Å². The first kappa shape index (κ1) is 18.4. The second-order valence-corrected chi connectivity index (χ2v) is 9.93. The first-order valence-corrected chi connectivity index (χ1v) is 11.6. The van der Waals surface area contributed by atoms with Gasteiger partial charge in [0.2, 0.25) is 5.91 Å². The van der Waals surface area contributed by atoms with Crippen LogP contribution < -0.4 is 0 Å². The van der Waals surface area contributed by atoms with Gasteiger partial charge >= 0.3 is 0 Å². The molecule has 0 radical (unpaired) electrons. The van der Waals surface area contributed by atoms with E-state index >= 15 is 0 Å². The van der Waals surface area contributed by atoms with Crippen LogP contribution in [-0.4, -0.2) is 85.2 Å². The Bertz CT molecular complexity index is 520. The van der Waals surface area contributed by atoms with Gasteiger partial charge < -0.3 is 14.5 Å². The average Bonchev–Trinajstić information content (AvgIpc) is 2.66. The maximum atomic E-state index is 13.0. The van der Waals surface area contributed by atoms with Crippen LogP contribution in [0.4, 0.5) is 0 Å². The van der Waals surface area contributed by atoms with Gasteiger partial charge in [0, 0.05) is 57.4 Å². The number of piperidine rings is 1. The normalized spacial score (nSPS) is 31.6. The van der Waals surface area contributed by atoms with Gasteiger partial charge in [-0.1, -0.05) is 6.42 Å². The van der Waals surface area contributed by atoms with Crippen LogP contribution in [-0.2, 0) is 9.53 Å². The largest absolute Gasteiger partial charge is 0.381 e. The molecule has 2 saturated carbocycles. The average molecular weight is 376 g/mol. The highest BCUT2D eigenvalue weighted by atomic mass is 16.5. The van der Waals surface area contributed by atoms with E-state index < -0.39 is 0 Å². The molecule has 5 heteroatoms. The fourth-order valence-electron chi connectivity index (χ4n) is 6.30. The summed E-state index contributed by atoms with van der Waals surface area (Å²) in [6.07, 6.45) is 11.5. The van der Waals surface area contributed by atoms with Crippen molar-refractivity contribution in [3.8, 4) is 0 Å². The Morgan fingerprint density at radius 3 is 1.96 bits per heavy atom. The van der Waals surface area contributed by atoms with Crippen molar-refractivity contribution < 1.29 is 9.53 Å². The molecule has 5 fully saturated rings. The molecule has 3 heterocycles. The van der Waals surface area contributed by atoms with E-state index in [1.54, 1.807) is 0 Å². The summed E-state index contributed by atoms with van der Waals surface area (Å²) in [5.41, 5.74) is 0.496. The van der Waals surface area contributed by atoms with E-state index in [-0.39, 0.29) is 0 Å². The lowest BCUT2D eigenvalue weighted by Crippen LogP contribution is -2.57. The van der Waals surface area contributed by atoms with Gasteiger partial charge in [-0.2, -0.15) is 0 Å². The van der Waals surface area contributed by atoms with E-state index in [1.807, 2.05) is 0 Å². The summed E-state index contributed by atoms with van der Waals surface area (Å²) in [6, 6.07) is 1.58. The minimum atomic E-state index is 0.329. The van der Waals surface area contributed by atoms with E-state index in [1.165, 1.54) is 58.0 Å². The molecule has 5 rings (SSSR count). The first-order chi connectivity index (χ1) is 13.2. The second-order valence-electron chi connectivity index (χ2n) is 9.93. The fraction of sp³-hybridized carbons (Fsp3) is 0.955. The number of carbonyl (C=O) groups is 1. The summed E-state index contributed by atoms with van der Waals surface area (Å²) in [6.45, 7) is 8.51. The molecule has 5 nitrogen and oxygen atoms in total. The van der Waals surface area contributed by atoms with Crippen LogP contribution in [0.25, 0.3) is 0 Å². The smallest absolute Gasteiger partial charge is 0.225 e. The SMILES string of the molecule is O=C(C1CC2(CCN(C3CCOCC3)CC2)C1)N1CCN(C2CCC2)CC1. The predicted molar refractivity (Wildman–Crippen MR) is 106 cm³/mol. The second kappa shape index (κ2) is 7.64. The number of carbonyl (C=O) groups excluding carboxylic acids is 1. The molecule has 0 N–H and O–H groups in total. The number of amides is 1. The van der Waals surface area contributed by atoms with Gasteiger partial charge in [0.25, 0.3) is 0 Å². The molecule has 1 spiro atoms. The van der Waals surface area contributed by atoms with Gasteiger partial charge in [0.05, 0.1) is 0 Å². The van der Waals surface area contributed by atoms with Crippen molar-refractivity contribution in [1.29, 1.82) is 0 Å². The highest BCUT2D eigenvalue weighted by Crippen LogP contribution is 2.53. The number of ether oxygens (including phenoxy) is 1. The van der Waals surface area contributed by atoms with Crippen molar-refractivity contribution in [1.82, 2.24) is 14.7 Å². The molecule has 0 aromatic carbocycles. The van der Waals surface area contributed by atoms with Crippen molar-refractivity contribution in [2.45, 2.75) is 69.9 Å². The Labute approximate surface area is 164 Å². The third kappa shape index (κ3) is 3.67. The Hall–Kier alpha value is -0.650. The van der Waals surface area contributed by atoms with E-state index in [0.717, 1.165) is 64.3 Å². The van der Waals surface area contributed by atoms with Crippen LogP contribution in [0.2, 0.25) is 0 Å². The Balaban J connectivity index is 1.06. The molecule has 0 bridgehead atoms. The summed E-state index contributed by atoms with van der Waals surface area (Å²) in [5.74, 6) is 0.802. The third-order valence-electron chi connectivity index (χ3n) is 8.49. The number of piperazine rings is 1. The molecule has 1 amide bonds. The fourth-order valence-corrected chi connectivity index (χ4v) is 6.30. The third-order valence-corrected chi connectivity index (χ3v) is 8.49. The molecular weight excluding hydrogens is 338 g/mol. The summed E-state index contributed by atoms with van der Waals surface area (Å²) >= 11 is 0. The molecular formula is C22H37N3O2. The molecule has 3 aliphatic heterocycles. The quantitative estimate of drug-likeness (QED) is 0.759. The molecule has 3 saturated heterocycles. The topological polar surface area (TPSA) is 36.0 Å². The van der Waals surface area contributed by atoms with Crippen LogP contribution >= 0.6 is 0 Å². The molecule has 0 aromatic heterocycles. The summed E-state index contributed by atoms with van der Waals surface area (Å²) in [5, 5.41) is 0.